The van der Waals surface area contributed by atoms with Crippen LogP contribution in [0.15, 0.2) is 150 Å². The Hall–Kier alpha value is -6.15. The lowest BCUT2D eigenvalue weighted by Gasteiger charge is -2.32. The van der Waals surface area contributed by atoms with E-state index in [1.165, 1.54) is 121 Å². The van der Waals surface area contributed by atoms with Gasteiger partial charge in [0.15, 0.2) is 5.43 Å². The minimum absolute atomic E-state index is 0.0855. The van der Waals surface area contributed by atoms with Crippen LogP contribution in [0.4, 0.5) is 0 Å². The molecule has 0 radical (unpaired) electrons. The highest BCUT2D eigenvalue weighted by molar-refractivity contribution is 14.1. The molecular formula is C89H96I2O. The number of hydrogen-bond acceptors (Lipinski definition) is 1. The first-order valence-corrected chi connectivity index (χ1v) is 35.6. The second-order valence-electron chi connectivity index (χ2n) is 35.4. The zero-order chi connectivity index (χ0) is 67.0. The Labute approximate surface area is 578 Å². The molecule has 0 saturated carbocycles. The fraction of sp³-hybridized carbons (Fsp3) is 0.360. The molecule has 2 aliphatic rings. The molecule has 0 spiro atoms. The summed E-state index contributed by atoms with van der Waals surface area (Å²) in [5.41, 5.74) is 24.8. The molecule has 472 valence electrons. The molecule has 12 rings (SSSR count). The second kappa shape index (κ2) is 22.0. The molecule has 92 heavy (non-hydrogen) atoms. The summed E-state index contributed by atoms with van der Waals surface area (Å²) in [5.74, 6) is 0. The van der Waals surface area contributed by atoms with Crippen LogP contribution >= 0.6 is 45.2 Å². The summed E-state index contributed by atoms with van der Waals surface area (Å²) in [7, 11) is 0. The van der Waals surface area contributed by atoms with Crippen LogP contribution in [0.25, 0.3) is 121 Å². The van der Waals surface area contributed by atoms with E-state index in [4.69, 9.17) is 0 Å². The largest absolute Gasteiger partial charge is 0.289 e. The molecule has 0 aromatic heterocycles. The molecular weight excluding hydrogens is 1340 g/mol. The molecule has 0 bridgehead atoms. The van der Waals surface area contributed by atoms with Crippen molar-refractivity contribution in [2.75, 3.05) is 0 Å². The quantitative estimate of drug-likeness (QED) is 0.152. The summed E-state index contributed by atoms with van der Waals surface area (Å²) < 4.78 is 2.27. The molecule has 10 aromatic rings. The smallest absolute Gasteiger partial charge is 0.195 e. The van der Waals surface area contributed by atoms with Gasteiger partial charge in [-0.1, -0.05) is 287 Å². The average molecular weight is 1440 g/mol. The standard InChI is InChI=1S/C89H96I2O/c1-82(2,3)55-37-51(38-56(45-55)83(4,5)6)69-70(52-39-57(84(7,8)9)46-58(40-52)85(10,11)12)72(54-43-61(88(19,20)21)48-62(44-54)89(22,23)24)78-66-34-36-68-76-67(79-73(49-25-29-63(90)30-26-49)81(92)74(80(68)79)50-27-31-64(91)32-28-50)35-33-65(75(66)76)77(78)71(69)53-41-59(86(13,14)15)47-60(42-53)87(16,17)18/h25-48H,1-24H3. The summed E-state index contributed by atoms with van der Waals surface area (Å²) in [6.07, 6.45) is 0. The first-order valence-electron chi connectivity index (χ1n) is 33.5. The van der Waals surface area contributed by atoms with Gasteiger partial charge in [-0.15, -0.1) is 0 Å². The highest BCUT2D eigenvalue weighted by Gasteiger charge is 2.37. The van der Waals surface area contributed by atoms with Gasteiger partial charge in [-0.25, -0.2) is 0 Å². The fourth-order valence-electron chi connectivity index (χ4n) is 14.2. The third-order valence-corrected chi connectivity index (χ3v) is 21.5. The first kappa shape index (κ1) is 65.9. The van der Waals surface area contributed by atoms with Gasteiger partial charge in [-0.2, -0.15) is 0 Å². The van der Waals surface area contributed by atoms with Gasteiger partial charge in [0.25, 0.3) is 0 Å². The first-order chi connectivity index (χ1) is 42.4. The summed E-state index contributed by atoms with van der Waals surface area (Å²) in [6, 6.07) is 57.6. The molecule has 0 unspecified atom stereocenters. The van der Waals surface area contributed by atoms with Crippen LogP contribution in [0.5, 0.6) is 0 Å². The molecule has 0 N–H and O–H groups in total. The van der Waals surface area contributed by atoms with Crippen molar-refractivity contribution < 1.29 is 0 Å². The van der Waals surface area contributed by atoms with Crippen LogP contribution in [0.2, 0.25) is 0 Å². The van der Waals surface area contributed by atoms with Gasteiger partial charge in [-0.05, 0) is 256 Å². The minimum atomic E-state index is -0.170. The van der Waals surface area contributed by atoms with E-state index in [0.29, 0.717) is 0 Å². The lowest BCUT2D eigenvalue weighted by atomic mass is 9.72. The Bertz CT molecular complexity index is 4480. The Kier molecular flexibility index (Phi) is 15.7. The van der Waals surface area contributed by atoms with Crippen LogP contribution in [0.3, 0.4) is 0 Å². The van der Waals surface area contributed by atoms with Crippen molar-refractivity contribution in [3.8, 4) is 77.9 Å². The Balaban J connectivity index is 1.47. The molecule has 0 fully saturated rings. The molecule has 3 heteroatoms. The molecule has 0 atom stereocenters. The molecule has 0 amide bonds. The Morgan fingerprint density at radius 2 is 0.413 bits per heavy atom. The van der Waals surface area contributed by atoms with Crippen molar-refractivity contribution in [3.05, 3.63) is 207 Å². The predicted molar refractivity (Wildman–Crippen MR) is 421 cm³/mol. The zero-order valence-corrected chi connectivity index (χ0v) is 63.8. The van der Waals surface area contributed by atoms with Crippen molar-refractivity contribution >= 4 is 88.3 Å². The summed E-state index contributed by atoms with van der Waals surface area (Å²) in [5, 5.41) is 9.77. The van der Waals surface area contributed by atoms with E-state index in [1.54, 1.807) is 0 Å². The third kappa shape index (κ3) is 11.5. The van der Waals surface area contributed by atoms with E-state index in [1.807, 2.05) is 0 Å². The molecule has 10 aromatic carbocycles. The number of hydrogen-bond donors (Lipinski definition) is 0. The van der Waals surface area contributed by atoms with Gasteiger partial charge in [0.1, 0.15) is 0 Å². The van der Waals surface area contributed by atoms with Gasteiger partial charge in [-0.3, -0.25) is 4.79 Å². The van der Waals surface area contributed by atoms with Crippen molar-refractivity contribution in [2.45, 2.75) is 209 Å². The van der Waals surface area contributed by atoms with E-state index in [0.717, 1.165) is 51.3 Å². The van der Waals surface area contributed by atoms with Crippen LogP contribution in [0, 0.1) is 7.14 Å². The van der Waals surface area contributed by atoms with Crippen molar-refractivity contribution in [3.63, 3.8) is 0 Å². The van der Waals surface area contributed by atoms with E-state index in [2.05, 4.69) is 357 Å². The Morgan fingerprint density at radius 1 is 0.207 bits per heavy atom. The van der Waals surface area contributed by atoms with Crippen molar-refractivity contribution in [1.82, 2.24) is 0 Å². The number of benzene rings is 9. The topological polar surface area (TPSA) is 17.1 Å². The predicted octanol–water partition coefficient (Wildman–Crippen LogP) is 26.7. The maximum Gasteiger partial charge on any atom is 0.195 e. The van der Waals surface area contributed by atoms with Crippen LogP contribution in [0.1, 0.15) is 211 Å². The normalized spacial score (nSPS) is 13.6. The number of fused-ring (bicyclic) bond motifs is 6. The summed E-state index contributed by atoms with van der Waals surface area (Å²) >= 11 is 4.77. The van der Waals surface area contributed by atoms with Gasteiger partial charge >= 0.3 is 0 Å². The van der Waals surface area contributed by atoms with Gasteiger partial charge in [0.2, 0.25) is 0 Å². The second-order valence-corrected chi connectivity index (χ2v) is 37.9. The van der Waals surface area contributed by atoms with E-state index in [9.17, 15) is 0 Å². The van der Waals surface area contributed by atoms with Gasteiger partial charge in [0, 0.05) is 29.4 Å². The van der Waals surface area contributed by atoms with Crippen LogP contribution in [-0.2, 0) is 43.3 Å². The molecule has 0 heterocycles. The highest BCUT2D eigenvalue weighted by atomic mass is 127. The van der Waals surface area contributed by atoms with Crippen molar-refractivity contribution in [1.29, 1.82) is 0 Å². The average Bonchev–Trinajstić information content (AvgIpc) is 1.49. The zero-order valence-electron chi connectivity index (χ0n) is 59.5. The third-order valence-electron chi connectivity index (χ3n) is 20.0. The lowest BCUT2D eigenvalue weighted by molar-refractivity contribution is 0.568. The summed E-state index contributed by atoms with van der Waals surface area (Å²) in [4.78, 5) is 15.7. The number of halogens is 2. The number of rotatable bonds is 6. The molecule has 2 aliphatic carbocycles. The Morgan fingerprint density at radius 3 is 0.641 bits per heavy atom. The highest BCUT2D eigenvalue weighted by Crippen LogP contribution is 2.61. The summed E-state index contributed by atoms with van der Waals surface area (Å²) in [6.45, 7) is 57.3. The van der Waals surface area contributed by atoms with E-state index in [-0.39, 0.29) is 48.7 Å². The molecule has 0 saturated heterocycles. The minimum Gasteiger partial charge on any atom is -0.289 e. The van der Waals surface area contributed by atoms with Crippen molar-refractivity contribution in [2.24, 2.45) is 0 Å². The fourth-order valence-corrected chi connectivity index (χ4v) is 15.0. The monoisotopic (exact) mass is 1430 g/mol. The van der Waals surface area contributed by atoms with Gasteiger partial charge < -0.3 is 0 Å². The SMILES string of the molecule is CC(C)(C)c1cc(-c2c(-c3cc(C(C)(C)C)cc(C(C)(C)C)c3)c(-c3cc(C(C)(C)C)cc(C(C)(C)C)c3)c3c4ccc5c6c(-c7ccc(I)cc7)c(=O)c(-c7ccc(I)cc7)c-6c6ccc(c3c2-c2cc(C(C)(C)C)cc(C(C)(C)C)c2)c4c65)cc(C(C)(C)C)c1. The van der Waals surface area contributed by atoms with Crippen LogP contribution in [-0.4, -0.2) is 0 Å². The van der Waals surface area contributed by atoms with Crippen LogP contribution < -0.4 is 5.43 Å². The maximum atomic E-state index is 15.7. The van der Waals surface area contributed by atoms with E-state index < -0.39 is 0 Å². The maximum absolute atomic E-state index is 15.7. The molecule has 1 nitrogen and oxygen atoms in total. The lowest BCUT2D eigenvalue weighted by Crippen LogP contribution is -2.18. The van der Waals surface area contributed by atoms with E-state index >= 15 is 4.79 Å². The van der Waals surface area contributed by atoms with Gasteiger partial charge in [0.05, 0.1) is 0 Å². The molecule has 0 aliphatic heterocycles.